The van der Waals surface area contributed by atoms with Crippen LogP contribution in [0.5, 0.6) is 0 Å². The molecule has 0 spiro atoms. The molecule has 3 rings (SSSR count). The summed E-state index contributed by atoms with van der Waals surface area (Å²) >= 11 is 0. The van der Waals surface area contributed by atoms with E-state index >= 15 is 0 Å². The molecule has 2 N–H and O–H groups in total. The predicted molar refractivity (Wildman–Crippen MR) is 89.3 cm³/mol. The topological polar surface area (TPSA) is 87.5 Å². The van der Waals surface area contributed by atoms with Gasteiger partial charge < -0.3 is 19.9 Å². The number of carbonyl (C=O) groups is 2. The van der Waals surface area contributed by atoms with Gasteiger partial charge in [0.15, 0.2) is 0 Å². The van der Waals surface area contributed by atoms with Gasteiger partial charge in [0.2, 0.25) is 5.95 Å². The summed E-state index contributed by atoms with van der Waals surface area (Å²) in [5.41, 5.74) is 0.494. The van der Waals surface area contributed by atoms with Crippen LogP contribution in [-0.2, 0) is 7.05 Å². The van der Waals surface area contributed by atoms with E-state index in [1.54, 1.807) is 18.3 Å². The highest BCUT2D eigenvalue weighted by Crippen LogP contribution is 2.18. The average molecular weight is 328 g/mol. The summed E-state index contributed by atoms with van der Waals surface area (Å²) < 4.78 is 1.98. The van der Waals surface area contributed by atoms with Crippen molar-refractivity contribution in [2.24, 2.45) is 7.05 Å². The molecule has 1 aliphatic rings. The van der Waals surface area contributed by atoms with Gasteiger partial charge in [0, 0.05) is 44.1 Å². The number of benzene rings is 1. The molecule has 0 bridgehead atoms. The first-order valence-electron chi connectivity index (χ1n) is 7.91. The maximum absolute atomic E-state index is 12.3. The van der Waals surface area contributed by atoms with Crippen molar-refractivity contribution in [2.45, 2.75) is 18.9 Å². The van der Waals surface area contributed by atoms with Crippen LogP contribution in [0.2, 0.25) is 0 Å². The fourth-order valence-corrected chi connectivity index (χ4v) is 2.95. The lowest BCUT2D eigenvalue weighted by molar-refractivity contribution is 0.0697. The number of piperidine rings is 1. The standard InChI is InChI=1S/C17H20N4O3/c1-20-10-7-18-17(20)21-8-5-14(6-9-21)19-15(22)12-3-2-4-13(11-12)16(23)24/h2-4,7,10-11,14H,5-6,8-9H2,1H3,(H,19,22)(H,23,24). The Morgan fingerprint density at radius 2 is 1.96 bits per heavy atom. The van der Waals surface area contributed by atoms with Crippen LogP contribution in [0.15, 0.2) is 36.7 Å². The maximum Gasteiger partial charge on any atom is 0.335 e. The van der Waals surface area contributed by atoms with Gasteiger partial charge in [-0.3, -0.25) is 4.79 Å². The third-order valence-corrected chi connectivity index (χ3v) is 4.28. The molecule has 1 amide bonds. The van der Waals surface area contributed by atoms with Crippen LogP contribution < -0.4 is 10.2 Å². The molecule has 2 heterocycles. The van der Waals surface area contributed by atoms with Gasteiger partial charge >= 0.3 is 5.97 Å². The number of amides is 1. The number of aromatic carboxylic acids is 1. The number of nitrogens with zero attached hydrogens (tertiary/aromatic N) is 3. The minimum absolute atomic E-state index is 0.0857. The van der Waals surface area contributed by atoms with E-state index < -0.39 is 5.97 Å². The highest BCUT2D eigenvalue weighted by atomic mass is 16.4. The number of hydrogen-bond acceptors (Lipinski definition) is 4. The highest BCUT2D eigenvalue weighted by Gasteiger charge is 2.23. The number of imidazole rings is 1. The summed E-state index contributed by atoms with van der Waals surface area (Å²) in [6.45, 7) is 1.65. The summed E-state index contributed by atoms with van der Waals surface area (Å²) in [6, 6.07) is 6.18. The Balaban J connectivity index is 1.58. The van der Waals surface area contributed by atoms with Crippen molar-refractivity contribution in [1.29, 1.82) is 0 Å². The monoisotopic (exact) mass is 328 g/mol. The summed E-state index contributed by atoms with van der Waals surface area (Å²) in [5, 5.41) is 12.0. The zero-order valence-electron chi connectivity index (χ0n) is 13.5. The van der Waals surface area contributed by atoms with Crippen LogP contribution in [0.3, 0.4) is 0 Å². The van der Waals surface area contributed by atoms with E-state index in [1.807, 2.05) is 17.8 Å². The molecule has 0 aliphatic carbocycles. The van der Waals surface area contributed by atoms with Crippen molar-refractivity contribution < 1.29 is 14.7 Å². The lowest BCUT2D eigenvalue weighted by Gasteiger charge is -2.33. The lowest BCUT2D eigenvalue weighted by atomic mass is 10.0. The zero-order valence-corrected chi connectivity index (χ0v) is 13.5. The molecule has 2 aromatic rings. The molecule has 0 unspecified atom stereocenters. The maximum atomic E-state index is 12.3. The quantitative estimate of drug-likeness (QED) is 0.888. The van der Waals surface area contributed by atoms with Gasteiger partial charge in [-0.2, -0.15) is 0 Å². The minimum atomic E-state index is -1.03. The van der Waals surface area contributed by atoms with E-state index in [9.17, 15) is 9.59 Å². The van der Waals surface area contributed by atoms with Crippen LogP contribution in [-0.4, -0.2) is 45.7 Å². The van der Waals surface area contributed by atoms with Gasteiger partial charge in [0.25, 0.3) is 5.91 Å². The number of carboxylic acid groups (broad SMARTS) is 1. The number of hydrogen-bond donors (Lipinski definition) is 2. The highest BCUT2D eigenvalue weighted by molar-refractivity contribution is 5.97. The van der Waals surface area contributed by atoms with Gasteiger partial charge in [0.1, 0.15) is 0 Å². The molecule has 0 saturated carbocycles. The SMILES string of the molecule is Cn1ccnc1N1CCC(NC(=O)c2cccc(C(=O)O)c2)CC1. The van der Waals surface area contributed by atoms with Crippen molar-refractivity contribution in [3.63, 3.8) is 0 Å². The largest absolute Gasteiger partial charge is 0.478 e. The minimum Gasteiger partial charge on any atom is -0.478 e. The molecule has 1 fully saturated rings. The summed E-state index contributed by atoms with van der Waals surface area (Å²) in [6.07, 6.45) is 5.35. The van der Waals surface area contributed by atoms with Crippen molar-refractivity contribution in [1.82, 2.24) is 14.9 Å². The molecule has 0 radical (unpaired) electrons. The van der Waals surface area contributed by atoms with Crippen LogP contribution in [0.4, 0.5) is 5.95 Å². The van der Waals surface area contributed by atoms with E-state index in [2.05, 4.69) is 15.2 Å². The molecule has 7 nitrogen and oxygen atoms in total. The van der Waals surface area contributed by atoms with E-state index in [4.69, 9.17) is 5.11 Å². The molecule has 24 heavy (non-hydrogen) atoms. The first-order chi connectivity index (χ1) is 11.5. The molecule has 0 atom stereocenters. The number of rotatable bonds is 4. The predicted octanol–water partition coefficient (Wildman–Crippen LogP) is 1.52. The average Bonchev–Trinajstić information content (AvgIpc) is 3.01. The Kier molecular flexibility index (Phi) is 4.50. The molecular formula is C17H20N4O3. The normalized spacial score (nSPS) is 15.3. The third kappa shape index (κ3) is 3.40. The lowest BCUT2D eigenvalue weighted by Crippen LogP contribution is -2.45. The van der Waals surface area contributed by atoms with Crippen molar-refractivity contribution in [3.8, 4) is 0 Å². The Hall–Kier alpha value is -2.83. The van der Waals surface area contributed by atoms with Crippen LogP contribution in [0.25, 0.3) is 0 Å². The molecule has 1 aromatic carbocycles. The van der Waals surface area contributed by atoms with Gasteiger partial charge in [-0.25, -0.2) is 9.78 Å². The number of carboxylic acids is 1. The van der Waals surface area contributed by atoms with E-state index in [-0.39, 0.29) is 17.5 Å². The number of carbonyl (C=O) groups excluding carboxylic acids is 1. The fourth-order valence-electron chi connectivity index (χ4n) is 2.95. The number of aromatic nitrogens is 2. The molecular weight excluding hydrogens is 308 g/mol. The van der Waals surface area contributed by atoms with Gasteiger partial charge in [-0.05, 0) is 31.0 Å². The summed E-state index contributed by atoms with van der Waals surface area (Å²) in [7, 11) is 1.96. The smallest absolute Gasteiger partial charge is 0.335 e. The Bertz CT molecular complexity index is 748. The fraction of sp³-hybridized carbons (Fsp3) is 0.353. The third-order valence-electron chi connectivity index (χ3n) is 4.28. The van der Waals surface area contributed by atoms with Crippen molar-refractivity contribution in [3.05, 3.63) is 47.8 Å². The van der Waals surface area contributed by atoms with Crippen molar-refractivity contribution in [2.75, 3.05) is 18.0 Å². The first kappa shape index (κ1) is 16.0. The number of aryl methyl sites for hydroxylation is 1. The van der Waals surface area contributed by atoms with Gasteiger partial charge in [-0.15, -0.1) is 0 Å². The van der Waals surface area contributed by atoms with Crippen LogP contribution in [0.1, 0.15) is 33.6 Å². The Labute approximate surface area is 139 Å². The van der Waals surface area contributed by atoms with Crippen LogP contribution >= 0.6 is 0 Å². The molecule has 7 heteroatoms. The Morgan fingerprint density at radius 3 is 2.58 bits per heavy atom. The van der Waals surface area contributed by atoms with Crippen molar-refractivity contribution >= 4 is 17.8 Å². The summed E-state index contributed by atoms with van der Waals surface area (Å²) in [4.78, 5) is 29.9. The molecule has 1 saturated heterocycles. The second-order valence-corrected chi connectivity index (χ2v) is 5.96. The second-order valence-electron chi connectivity index (χ2n) is 5.96. The molecule has 1 aromatic heterocycles. The van der Waals surface area contributed by atoms with Gasteiger partial charge in [-0.1, -0.05) is 6.07 Å². The molecule has 1 aliphatic heterocycles. The number of anilines is 1. The van der Waals surface area contributed by atoms with Crippen LogP contribution in [0, 0.1) is 0 Å². The van der Waals surface area contributed by atoms with E-state index in [1.165, 1.54) is 12.1 Å². The zero-order chi connectivity index (χ0) is 17.1. The molecule has 126 valence electrons. The van der Waals surface area contributed by atoms with E-state index in [0.29, 0.717) is 5.56 Å². The summed E-state index contributed by atoms with van der Waals surface area (Å²) in [5.74, 6) is -0.324. The Morgan fingerprint density at radius 1 is 1.25 bits per heavy atom. The first-order valence-corrected chi connectivity index (χ1v) is 7.91. The van der Waals surface area contributed by atoms with E-state index in [0.717, 1.165) is 31.9 Å². The number of nitrogens with one attached hydrogen (secondary N) is 1. The van der Waals surface area contributed by atoms with Gasteiger partial charge in [0.05, 0.1) is 5.56 Å². The second kappa shape index (κ2) is 6.74.